The highest BCUT2D eigenvalue weighted by Crippen LogP contribution is 2.20. The van der Waals surface area contributed by atoms with Crippen molar-refractivity contribution in [1.29, 1.82) is 5.26 Å². The normalized spacial score (nSPS) is 10.7. The number of Topliss-reactive ketones (excluding diaryl/α,β-unsaturated/α-hetero) is 1. The van der Waals surface area contributed by atoms with Crippen LogP contribution in [0.3, 0.4) is 0 Å². The van der Waals surface area contributed by atoms with Gasteiger partial charge in [-0.05, 0) is 43.7 Å². The molecule has 0 radical (unpaired) electrons. The van der Waals surface area contributed by atoms with E-state index in [-0.39, 0.29) is 17.2 Å². The zero-order chi connectivity index (χ0) is 17.1. The van der Waals surface area contributed by atoms with Crippen molar-refractivity contribution in [3.05, 3.63) is 56.9 Å². The van der Waals surface area contributed by atoms with E-state index in [1.807, 2.05) is 6.07 Å². The minimum Gasteiger partial charge on any atom is -0.494 e. The summed E-state index contributed by atoms with van der Waals surface area (Å²) in [4.78, 5) is 27.3. The summed E-state index contributed by atoms with van der Waals surface area (Å²) in [6.45, 7) is 3.06. The quantitative estimate of drug-likeness (QED) is 0.694. The van der Waals surface area contributed by atoms with Crippen LogP contribution in [0.2, 0.25) is 0 Å². The van der Waals surface area contributed by atoms with Gasteiger partial charge in [0.05, 0.1) is 11.3 Å². The Kier molecular flexibility index (Phi) is 4.42. The molecule has 0 unspecified atom stereocenters. The van der Waals surface area contributed by atoms with Gasteiger partial charge in [-0.2, -0.15) is 5.26 Å². The maximum atomic E-state index is 11.9. The second-order valence-electron chi connectivity index (χ2n) is 5.07. The van der Waals surface area contributed by atoms with Crippen LogP contribution in [0.25, 0.3) is 0 Å². The van der Waals surface area contributed by atoms with E-state index in [1.165, 1.54) is 20.2 Å². The molecule has 6 nitrogen and oxygen atoms in total. The monoisotopic (exact) mass is 309 g/mol. The number of pyridine rings is 1. The maximum absolute atomic E-state index is 11.9. The third-order valence-electron chi connectivity index (χ3n) is 3.58. The summed E-state index contributed by atoms with van der Waals surface area (Å²) in [6, 6.07) is 8.51. The number of nitrogens with zero attached hydrogens (tertiary/aromatic N) is 3. The lowest BCUT2D eigenvalue weighted by Crippen LogP contribution is -2.22. The van der Waals surface area contributed by atoms with Crippen LogP contribution in [-0.4, -0.2) is 21.7 Å². The van der Waals surface area contributed by atoms with Crippen molar-refractivity contribution in [2.45, 2.75) is 13.8 Å². The molecule has 0 saturated carbocycles. The Labute approximate surface area is 133 Å². The standard InChI is InChI=1S/C17H15N3O3/c1-10-14(8-18)16(22)20(3)17(23)15(10)9-19-13-6-4-12(5-7-13)11(2)21/h4-7,9,23H,1-3H3. The number of benzene rings is 1. The molecule has 1 aromatic carbocycles. The Balaban J connectivity index is 2.48. The van der Waals surface area contributed by atoms with E-state index >= 15 is 0 Å². The predicted molar refractivity (Wildman–Crippen MR) is 86.5 cm³/mol. The van der Waals surface area contributed by atoms with Crippen molar-refractivity contribution in [3.63, 3.8) is 0 Å². The number of aromatic nitrogens is 1. The maximum Gasteiger partial charge on any atom is 0.271 e. The molecule has 1 N–H and O–H groups in total. The predicted octanol–water partition coefficient (Wildman–Crippen LogP) is 2.22. The number of hydrogen-bond acceptors (Lipinski definition) is 5. The zero-order valence-corrected chi connectivity index (χ0v) is 13.0. The van der Waals surface area contributed by atoms with Gasteiger partial charge in [0.15, 0.2) is 5.78 Å². The van der Waals surface area contributed by atoms with Crippen molar-refractivity contribution in [2.24, 2.45) is 12.0 Å². The summed E-state index contributed by atoms with van der Waals surface area (Å²) in [5, 5.41) is 19.2. The Hall–Kier alpha value is -3.20. The van der Waals surface area contributed by atoms with Crippen LogP contribution < -0.4 is 5.56 Å². The van der Waals surface area contributed by atoms with Gasteiger partial charge in [-0.25, -0.2) is 0 Å². The molecule has 1 aromatic heterocycles. The molecule has 0 amide bonds. The number of ketones is 1. The van der Waals surface area contributed by atoms with Crippen molar-refractivity contribution < 1.29 is 9.90 Å². The molecular weight excluding hydrogens is 294 g/mol. The highest BCUT2D eigenvalue weighted by atomic mass is 16.3. The van der Waals surface area contributed by atoms with Gasteiger partial charge in [-0.15, -0.1) is 0 Å². The van der Waals surface area contributed by atoms with Crippen LogP contribution in [0.4, 0.5) is 5.69 Å². The third-order valence-corrected chi connectivity index (χ3v) is 3.58. The number of aromatic hydroxyl groups is 1. The molecule has 0 aliphatic carbocycles. The molecule has 2 rings (SSSR count). The van der Waals surface area contributed by atoms with Crippen molar-refractivity contribution >= 4 is 17.7 Å². The number of aliphatic imine (C=N–C) groups is 1. The molecule has 0 aliphatic heterocycles. The Morgan fingerprint density at radius 1 is 1.35 bits per heavy atom. The summed E-state index contributed by atoms with van der Waals surface area (Å²) in [7, 11) is 1.39. The van der Waals surface area contributed by atoms with E-state index in [4.69, 9.17) is 5.26 Å². The van der Waals surface area contributed by atoms with Crippen LogP contribution in [0, 0.1) is 18.3 Å². The van der Waals surface area contributed by atoms with E-state index < -0.39 is 5.56 Å². The van der Waals surface area contributed by atoms with E-state index in [9.17, 15) is 14.7 Å². The van der Waals surface area contributed by atoms with Gasteiger partial charge in [0.2, 0.25) is 5.88 Å². The van der Waals surface area contributed by atoms with E-state index in [1.54, 1.807) is 31.2 Å². The summed E-state index contributed by atoms with van der Waals surface area (Å²) < 4.78 is 1.01. The fourth-order valence-corrected chi connectivity index (χ4v) is 2.11. The van der Waals surface area contributed by atoms with Gasteiger partial charge in [0.1, 0.15) is 11.6 Å². The number of rotatable bonds is 3. The minimum absolute atomic E-state index is 0.0290. The smallest absolute Gasteiger partial charge is 0.271 e. The first kappa shape index (κ1) is 16.2. The molecule has 2 aromatic rings. The van der Waals surface area contributed by atoms with Crippen molar-refractivity contribution in [2.75, 3.05) is 0 Å². The third kappa shape index (κ3) is 3.04. The van der Waals surface area contributed by atoms with Gasteiger partial charge < -0.3 is 5.11 Å². The highest BCUT2D eigenvalue weighted by Gasteiger charge is 2.15. The average Bonchev–Trinajstić information content (AvgIpc) is 2.54. The number of carbonyl (C=O) groups excluding carboxylic acids is 1. The molecule has 0 aliphatic rings. The summed E-state index contributed by atoms with van der Waals surface area (Å²) in [5.41, 5.74) is 1.26. The summed E-state index contributed by atoms with van der Waals surface area (Å²) in [5.74, 6) is -0.290. The lowest BCUT2D eigenvalue weighted by atomic mass is 10.1. The number of carbonyl (C=O) groups is 1. The van der Waals surface area contributed by atoms with Gasteiger partial charge in [-0.3, -0.25) is 19.1 Å². The fourth-order valence-electron chi connectivity index (χ4n) is 2.11. The second-order valence-corrected chi connectivity index (χ2v) is 5.07. The average molecular weight is 309 g/mol. The van der Waals surface area contributed by atoms with Gasteiger partial charge in [0.25, 0.3) is 5.56 Å². The van der Waals surface area contributed by atoms with Crippen LogP contribution in [0.5, 0.6) is 5.88 Å². The molecule has 0 atom stereocenters. The molecular formula is C17H15N3O3. The Morgan fingerprint density at radius 2 is 1.96 bits per heavy atom. The van der Waals surface area contributed by atoms with E-state index in [0.717, 1.165) is 4.57 Å². The minimum atomic E-state index is -0.550. The van der Waals surface area contributed by atoms with E-state index in [2.05, 4.69) is 4.99 Å². The molecule has 0 spiro atoms. The second kappa shape index (κ2) is 6.28. The molecule has 116 valence electrons. The Bertz CT molecular complexity index is 901. The van der Waals surface area contributed by atoms with Gasteiger partial charge in [-0.1, -0.05) is 0 Å². The van der Waals surface area contributed by atoms with Crippen molar-refractivity contribution in [3.8, 4) is 11.9 Å². The zero-order valence-electron chi connectivity index (χ0n) is 13.0. The van der Waals surface area contributed by atoms with E-state index in [0.29, 0.717) is 22.4 Å². The SMILES string of the molecule is CC(=O)c1ccc(N=Cc2c(C)c(C#N)c(=O)n(C)c2O)cc1. The number of hydrogen-bond donors (Lipinski definition) is 1. The van der Waals surface area contributed by atoms with Crippen LogP contribution in [0.15, 0.2) is 34.1 Å². The van der Waals surface area contributed by atoms with Crippen LogP contribution >= 0.6 is 0 Å². The highest BCUT2D eigenvalue weighted by molar-refractivity contribution is 5.94. The van der Waals surface area contributed by atoms with Crippen LogP contribution in [-0.2, 0) is 7.05 Å². The summed E-state index contributed by atoms with van der Waals surface area (Å²) >= 11 is 0. The Morgan fingerprint density at radius 3 is 2.48 bits per heavy atom. The van der Waals surface area contributed by atoms with Crippen molar-refractivity contribution in [1.82, 2.24) is 4.57 Å². The first-order chi connectivity index (χ1) is 10.9. The van der Waals surface area contributed by atoms with Crippen LogP contribution in [0.1, 0.15) is 34.0 Å². The van der Waals surface area contributed by atoms with Gasteiger partial charge in [0, 0.05) is 18.8 Å². The summed E-state index contributed by atoms with van der Waals surface area (Å²) in [6.07, 6.45) is 1.40. The first-order valence-corrected chi connectivity index (χ1v) is 6.84. The molecule has 0 saturated heterocycles. The first-order valence-electron chi connectivity index (χ1n) is 6.84. The topological polar surface area (TPSA) is 95.5 Å². The molecule has 6 heteroatoms. The lowest BCUT2D eigenvalue weighted by Gasteiger charge is -2.09. The van der Waals surface area contributed by atoms with Gasteiger partial charge >= 0.3 is 0 Å². The number of nitriles is 1. The molecule has 23 heavy (non-hydrogen) atoms. The fraction of sp³-hybridized carbons (Fsp3) is 0.176. The molecule has 0 bridgehead atoms. The largest absolute Gasteiger partial charge is 0.494 e. The molecule has 1 heterocycles. The molecule has 0 fully saturated rings. The lowest BCUT2D eigenvalue weighted by molar-refractivity contribution is 0.101.